The Morgan fingerprint density at radius 2 is 1.78 bits per heavy atom. The second-order valence-electron chi connectivity index (χ2n) is 7.90. The van der Waals surface area contributed by atoms with Crippen molar-refractivity contribution < 1.29 is 13.9 Å². The lowest BCUT2D eigenvalue weighted by molar-refractivity contribution is -0.140. The van der Waals surface area contributed by atoms with Crippen LogP contribution in [0.4, 0.5) is 0 Å². The topological polar surface area (TPSA) is 121 Å². The number of carbonyl (C=O) groups is 1. The normalized spacial score (nSPS) is 17.9. The van der Waals surface area contributed by atoms with Crippen molar-refractivity contribution in [2.75, 3.05) is 6.54 Å². The number of nitrogens with zero attached hydrogens (tertiary/aromatic N) is 1. The van der Waals surface area contributed by atoms with Gasteiger partial charge in [0.15, 0.2) is 11.4 Å². The maximum atomic E-state index is 12.7. The number of hydrogen-bond donors (Lipinski definition) is 2. The first-order valence-corrected chi connectivity index (χ1v) is 10.4. The van der Waals surface area contributed by atoms with E-state index in [1.165, 1.54) is 6.07 Å². The van der Waals surface area contributed by atoms with Crippen LogP contribution in [0, 0.1) is 11.8 Å². The minimum Gasteiger partial charge on any atom is -0.456 e. The number of fused-ring (bicyclic) bond motifs is 1. The fraction of sp³-hybridized carbons (Fsp3) is 0.292. The number of esters is 1. The summed E-state index contributed by atoms with van der Waals surface area (Å²) in [6, 6.07) is 15.6. The number of hydrogen-bond acceptors (Lipinski definition) is 5. The van der Waals surface area contributed by atoms with Gasteiger partial charge in [0.25, 0.3) is 0 Å². The molecule has 1 saturated carbocycles. The molecule has 0 aliphatic heterocycles. The van der Waals surface area contributed by atoms with Crippen molar-refractivity contribution >= 4 is 35.3 Å². The Balaban J connectivity index is 0.00000289. The molecule has 32 heavy (non-hydrogen) atoms. The van der Waals surface area contributed by atoms with Crippen LogP contribution in [0.2, 0.25) is 0 Å². The zero-order valence-electron chi connectivity index (χ0n) is 17.5. The average molecular weight is 456 g/mol. The predicted molar refractivity (Wildman–Crippen MR) is 127 cm³/mol. The van der Waals surface area contributed by atoms with Crippen LogP contribution in [0.5, 0.6) is 5.75 Å². The van der Waals surface area contributed by atoms with Crippen molar-refractivity contribution in [3.63, 3.8) is 0 Å². The Labute approximate surface area is 191 Å². The molecule has 0 unspecified atom stereocenters. The summed E-state index contributed by atoms with van der Waals surface area (Å²) in [5.74, 6) is 0.979. The summed E-state index contributed by atoms with van der Waals surface area (Å²) in [7, 11) is 0. The lowest BCUT2D eigenvalue weighted by Gasteiger charge is -2.26. The van der Waals surface area contributed by atoms with E-state index >= 15 is 0 Å². The molecule has 0 radical (unpaired) electrons. The molecule has 3 aromatic rings. The number of nitrogens with two attached hydrogens (primary N) is 2. The third-order valence-electron chi connectivity index (χ3n) is 5.68. The Bertz CT molecular complexity index is 1180. The maximum Gasteiger partial charge on any atom is 0.314 e. The molecule has 1 heterocycles. The molecule has 1 aromatic heterocycles. The Kier molecular flexibility index (Phi) is 7.53. The van der Waals surface area contributed by atoms with Crippen molar-refractivity contribution in [3.05, 3.63) is 64.8 Å². The van der Waals surface area contributed by atoms with Crippen molar-refractivity contribution in [2.45, 2.75) is 25.7 Å². The van der Waals surface area contributed by atoms with E-state index in [1.807, 2.05) is 12.1 Å². The van der Waals surface area contributed by atoms with E-state index in [0.29, 0.717) is 40.5 Å². The summed E-state index contributed by atoms with van der Waals surface area (Å²) in [5.41, 5.74) is 11.9. The minimum absolute atomic E-state index is 0. The zero-order valence-corrected chi connectivity index (χ0v) is 18.3. The number of carbonyl (C=O) groups excluding carboxylic acids is 1. The highest BCUT2D eigenvalue weighted by Gasteiger charge is 2.27. The second-order valence-corrected chi connectivity index (χ2v) is 7.90. The van der Waals surface area contributed by atoms with E-state index in [2.05, 4.69) is 4.99 Å². The molecule has 0 atom stereocenters. The van der Waals surface area contributed by atoms with E-state index in [4.69, 9.17) is 20.6 Å². The second kappa shape index (κ2) is 10.3. The van der Waals surface area contributed by atoms with Gasteiger partial charge in [0.05, 0.1) is 11.3 Å². The van der Waals surface area contributed by atoms with Gasteiger partial charge in [0.1, 0.15) is 17.1 Å². The molecule has 168 valence electrons. The van der Waals surface area contributed by atoms with E-state index in [-0.39, 0.29) is 35.7 Å². The molecule has 2 aromatic carbocycles. The number of benzene rings is 2. The van der Waals surface area contributed by atoms with Gasteiger partial charge in [-0.15, -0.1) is 12.4 Å². The third kappa shape index (κ3) is 5.48. The third-order valence-corrected chi connectivity index (χ3v) is 5.68. The first kappa shape index (κ1) is 23.3. The largest absolute Gasteiger partial charge is 0.456 e. The van der Waals surface area contributed by atoms with Gasteiger partial charge in [-0.25, -0.2) is 0 Å². The number of halogens is 1. The molecule has 1 fully saturated rings. The highest BCUT2D eigenvalue weighted by Crippen LogP contribution is 2.31. The predicted octanol–water partition coefficient (Wildman–Crippen LogP) is 3.87. The molecule has 7 nitrogen and oxygen atoms in total. The average Bonchev–Trinajstić information content (AvgIpc) is 2.78. The molecule has 0 bridgehead atoms. The first-order valence-electron chi connectivity index (χ1n) is 10.4. The molecule has 0 spiro atoms. The monoisotopic (exact) mass is 455 g/mol. The van der Waals surface area contributed by atoms with Gasteiger partial charge >= 0.3 is 5.97 Å². The highest BCUT2D eigenvalue weighted by atomic mass is 35.5. The summed E-state index contributed by atoms with van der Waals surface area (Å²) in [6.07, 6.45) is 3.28. The molecule has 8 heteroatoms. The number of para-hydroxylation sites is 1. The van der Waals surface area contributed by atoms with Gasteiger partial charge in [-0.1, -0.05) is 24.3 Å². The minimum atomic E-state index is -0.239. The summed E-state index contributed by atoms with van der Waals surface area (Å²) in [4.78, 5) is 29.1. The number of ether oxygens (including phenoxy) is 1. The molecule has 4 rings (SSSR count). The summed E-state index contributed by atoms with van der Waals surface area (Å²) in [6.45, 7) is 0.600. The fourth-order valence-corrected chi connectivity index (χ4v) is 3.97. The van der Waals surface area contributed by atoms with Crippen LogP contribution in [0.3, 0.4) is 0 Å². The lowest BCUT2D eigenvalue weighted by atomic mass is 9.82. The molecule has 0 saturated heterocycles. The number of guanidine groups is 1. The van der Waals surface area contributed by atoms with Gasteiger partial charge in [-0.3, -0.25) is 14.6 Å². The summed E-state index contributed by atoms with van der Waals surface area (Å²) >= 11 is 0. The highest BCUT2D eigenvalue weighted by molar-refractivity contribution is 5.85. The molecular weight excluding hydrogens is 430 g/mol. The zero-order chi connectivity index (χ0) is 21.8. The molecule has 4 N–H and O–H groups in total. The summed E-state index contributed by atoms with van der Waals surface area (Å²) < 4.78 is 11.5. The summed E-state index contributed by atoms with van der Waals surface area (Å²) in [5, 5.41) is 0.532. The lowest BCUT2D eigenvalue weighted by Crippen LogP contribution is -2.28. The van der Waals surface area contributed by atoms with Crippen LogP contribution in [0.15, 0.2) is 68.8 Å². The van der Waals surface area contributed by atoms with E-state index in [0.717, 1.165) is 25.7 Å². The van der Waals surface area contributed by atoms with E-state index < -0.39 is 0 Å². The number of rotatable bonds is 5. The van der Waals surface area contributed by atoms with Crippen molar-refractivity contribution in [3.8, 4) is 17.1 Å². The van der Waals surface area contributed by atoms with Gasteiger partial charge in [-0.2, -0.15) is 0 Å². The van der Waals surface area contributed by atoms with Crippen LogP contribution in [-0.2, 0) is 4.79 Å². The Morgan fingerprint density at radius 3 is 2.53 bits per heavy atom. The van der Waals surface area contributed by atoms with Crippen LogP contribution in [0.25, 0.3) is 22.3 Å². The molecular formula is C24H26ClN3O4. The van der Waals surface area contributed by atoms with Gasteiger partial charge < -0.3 is 20.6 Å². The quantitative estimate of drug-likeness (QED) is 0.261. The molecule has 1 aliphatic carbocycles. The van der Waals surface area contributed by atoms with Crippen molar-refractivity contribution in [2.24, 2.45) is 28.3 Å². The van der Waals surface area contributed by atoms with Crippen LogP contribution in [-0.4, -0.2) is 18.5 Å². The standard InChI is InChI=1S/C24H25N3O4.ClH/c25-24(26)27-14-15-8-10-16(11-9-15)23(29)30-18-5-3-4-17(12-18)22-13-20(28)19-6-1-2-7-21(19)31-22;/h1-7,12-13,15-16H,8-11,14H2,(H4,25,26,27);1H. The van der Waals surface area contributed by atoms with Crippen LogP contribution < -0.4 is 21.6 Å². The van der Waals surface area contributed by atoms with Crippen molar-refractivity contribution in [1.82, 2.24) is 0 Å². The number of aliphatic imine (C=N–C) groups is 1. The fourth-order valence-electron chi connectivity index (χ4n) is 3.97. The van der Waals surface area contributed by atoms with Crippen LogP contribution in [0.1, 0.15) is 25.7 Å². The Morgan fingerprint density at radius 1 is 1.03 bits per heavy atom. The molecule has 0 amide bonds. The Hall–Kier alpha value is -3.32. The van der Waals surface area contributed by atoms with Gasteiger partial charge in [-0.05, 0) is 55.9 Å². The van der Waals surface area contributed by atoms with Crippen LogP contribution >= 0.6 is 12.4 Å². The molecule has 1 aliphatic rings. The van der Waals surface area contributed by atoms with Crippen molar-refractivity contribution in [1.29, 1.82) is 0 Å². The maximum absolute atomic E-state index is 12.7. The van der Waals surface area contributed by atoms with Gasteiger partial charge in [0, 0.05) is 18.2 Å². The smallest absolute Gasteiger partial charge is 0.314 e. The SMILES string of the molecule is Cl.NC(N)=NCC1CCC(C(=O)Oc2cccc(-c3cc(=O)c4ccccc4o3)c2)CC1. The van der Waals surface area contributed by atoms with Gasteiger partial charge in [0.2, 0.25) is 0 Å². The first-order chi connectivity index (χ1) is 15.0. The van der Waals surface area contributed by atoms with E-state index in [1.54, 1.807) is 36.4 Å². The van der Waals surface area contributed by atoms with E-state index in [9.17, 15) is 9.59 Å².